The highest BCUT2D eigenvalue weighted by Crippen LogP contribution is 2.30. The Balaban J connectivity index is 1.91. The lowest BCUT2D eigenvalue weighted by atomic mass is 9.87. The lowest BCUT2D eigenvalue weighted by molar-refractivity contribution is 0.0536. The molecule has 2 heterocycles. The summed E-state index contributed by atoms with van der Waals surface area (Å²) in [5.74, 6) is 6.26. The summed E-state index contributed by atoms with van der Waals surface area (Å²) in [6.45, 7) is 1.63. The van der Waals surface area contributed by atoms with Crippen molar-refractivity contribution >= 4 is 11.0 Å². The van der Waals surface area contributed by atoms with Crippen LogP contribution in [-0.4, -0.2) is 23.2 Å². The van der Waals surface area contributed by atoms with Crippen LogP contribution in [0.25, 0.3) is 11.0 Å². The highest BCUT2D eigenvalue weighted by atomic mass is 16.5. The Labute approximate surface area is 112 Å². The summed E-state index contributed by atoms with van der Waals surface area (Å²) in [6.07, 6.45) is 5.49. The molecule has 1 aliphatic rings. The molecule has 1 fully saturated rings. The van der Waals surface area contributed by atoms with Gasteiger partial charge in [0.25, 0.3) is 0 Å². The Kier molecular flexibility index (Phi) is 3.68. The van der Waals surface area contributed by atoms with Crippen molar-refractivity contribution in [2.24, 2.45) is 11.8 Å². The van der Waals surface area contributed by atoms with Crippen LogP contribution < -0.4 is 11.3 Å². The molecule has 3 rings (SSSR count). The summed E-state index contributed by atoms with van der Waals surface area (Å²) in [4.78, 5) is 8.63. The van der Waals surface area contributed by atoms with Crippen molar-refractivity contribution in [2.45, 2.75) is 18.9 Å². The quantitative estimate of drug-likeness (QED) is 0.645. The molecule has 1 aromatic carbocycles. The van der Waals surface area contributed by atoms with E-state index in [1.54, 1.807) is 12.4 Å². The third kappa shape index (κ3) is 2.58. The van der Waals surface area contributed by atoms with E-state index >= 15 is 0 Å². The topological polar surface area (TPSA) is 73.1 Å². The van der Waals surface area contributed by atoms with E-state index in [0.717, 1.165) is 37.1 Å². The molecule has 5 heteroatoms. The summed E-state index contributed by atoms with van der Waals surface area (Å²) in [5, 5.41) is 0. The standard InChI is InChI=1S/C14H18N4O/c15-18-14(10-3-7-19-8-4-10)11-1-2-12-13(9-11)17-6-5-16-12/h1-2,5-6,9-10,14,18H,3-4,7-8,15H2. The van der Waals surface area contributed by atoms with Crippen molar-refractivity contribution < 1.29 is 4.74 Å². The maximum absolute atomic E-state index is 5.75. The Morgan fingerprint density at radius 2 is 1.89 bits per heavy atom. The molecular weight excluding hydrogens is 240 g/mol. The molecule has 2 aromatic rings. The van der Waals surface area contributed by atoms with Gasteiger partial charge in [0.2, 0.25) is 0 Å². The number of hydrazine groups is 1. The molecule has 3 N–H and O–H groups in total. The number of hydrogen-bond donors (Lipinski definition) is 2. The van der Waals surface area contributed by atoms with Crippen LogP contribution in [0, 0.1) is 5.92 Å². The molecule has 1 saturated heterocycles. The predicted molar refractivity (Wildman–Crippen MR) is 73.1 cm³/mol. The predicted octanol–water partition coefficient (Wildman–Crippen LogP) is 1.56. The van der Waals surface area contributed by atoms with Crippen LogP contribution in [0.3, 0.4) is 0 Å². The van der Waals surface area contributed by atoms with E-state index in [-0.39, 0.29) is 6.04 Å². The lowest BCUT2D eigenvalue weighted by Gasteiger charge is -2.30. The van der Waals surface area contributed by atoms with E-state index in [0.29, 0.717) is 5.92 Å². The van der Waals surface area contributed by atoms with E-state index in [4.69, 9.17) is 10.6 Å². The minimum absolute atomic E-state index is 0.148. The Hall–Kier alpha value is -1.56. The summed E-state index contributed by atoms with van der Waals surface area (Å²) in [6, 6.07) is 6.30. The Morgan fingerprint density at radius 1 is 1.16 bits per heavy atom. The second-order valence-electron chi connectivity index (χ2n) is 4.90. The van der Waals surface area contributed by atoms with Crippen molar-refractivity contribution in [3.63, 3.8) is 0 Å². The van der Waals surface area contributed by atoms with Crippen LogP contribution >= 0.6 is 0 Å². The van der Waals surface area contributed by atoms with Crippen LogP contribution in [0.4, 0.5) is 0 Å². The molecule has 1 unspecified atom stereocenters. The number of hydrogen-bond acceptors (Lipinski definition) is 5. The van der Waals surface area contributed by atoms with Gasteiger partial charge < -0.3 is 4.74 Å². The monoisotopic (exact) mass is 258 g/mol. The number of nitrogens with zero attached hydrogens (tertiary/aromatic N) is 2. The molecule has 0 bridgehead atoms. The second-order valence-corrected chi connectivity index (χ2v) is 4.90. The first-order chi connectivity index (χ1) is 9.38. The molecular formula is C14H18N4O. The van der Waals surface area contributed by atoms with Gasteiger partial charge in [-0.25, -0.2) is 0 Å². The highest BCUT2D eigenvalue weighted by molar-refractivity contribution is 5.74. The minimum atomic E-state index is 0.148. The molecule has 100 valence electrons. The molecule has 0 saturated carbocycles. The first-order valence-electron chi connectivity index (χ1n) is 6.63. The third-order valence-corrected chi connectivity index (χ3v) is 3.77. The number of fused-ring (bicyclic) bond motifs is 1. The van der Waals surface area contributed by atoms with E-state index in [2.05, 4.69) is 27.5 Å². The highest BCUT2D eigenvalue weighted by Gasteiger charge is 2.24. The number of nitrogens with one attached hydrogen (secondary N) is 1. The fourth-order valence-electron chi connectivity index (χ4n) is 2.73. The van der Waals surface area contributed by atoms with Gasteiger partial charge in [0.15, 0.2) is 0 Å². The van der Waals surface area contributed by atoms with Crippen LogP contribution in [0.15, 0.2) is 30.6 Å². The van der Waals surface area contributed by atoms with Gasteiger partial charge in [-0.2, -0.15) is 0 Å². The number of nitrogens with two attached hydrogens (primary N) is 1. The molecule has 0 spiro atoms. The largest absolute Gasteiger partial charge is 0.381 e. The number of rotatable bonds is 3. The number of ether oxygens (including phenoxy) is 1. The van der Waals surface area contributed by atoms with Crippen LogP contribution in [-0.2, 0) is 4.74 Å². The van der Waals surface area contributed by atoms with Gasteiger partial charge in [-0.3, -0.25) is 21.2 Å². The van der Waals surface area contributed by atoms with Crippen LogP contribution in [0.5, 0.6) is 0 Å². The van der Waals surface area contributed by atoms with Gasteiger partial charge in [-0.15, -0.1) is 0 Å². The molecule has 0 aliphatic carbocycles. The molecule has 19 heavy (non-hydrogen) atoms. The first kappa shape index (κ1) is 12.5. The van der Waals surface area contributed by atoms with Crippen molar-refractivity contribution in [3.8, 4) is 0 Å². The van der Waals surface area contributed by atoms with Crippen molar-refractivity contribution in [1.29, 1.82) is 0 Å². The van der Waals surface area contributed by atoms with E-state index in [9.17, 15) is 0 Å². The fraction of sp³-hybridized carbons (Fsp3) is 0.429. The van der Waals surface area contributed by atoms with Crippen molar-refractivity contribution in [1.82, 2.24) is 15.4 Å². The molecule has 1 aromatic heterocycles. The normalized spacial score (nSPS) is 18.6. The van der Waals surface area contributed by atoms with Gasteiger partial charge in [0.05, 0.1) is 11.0 Å². The summed E-state index contributed by atoms with van der Waals surface area (Å²) < 4.78 is 5.41. The van der Waals surface area contributed by atoms with Gasteiger partial charge >= 0.3 is 0 Å². The summed E-state index contributed by atoms with van der Waals surface area (Å²) in [7, 11) is 0. The van der Waals surface area contributed by atoms with Crippen LogP contribution in [0.2, 0.25) is 0 Å². The van der Waals surface area contributed by atoms with Crippen molar-refractivity contribution in [3.05, 3.63) is 36.2 Å². The smallest absolute Gasteiger partial charge is 0.0890 e. The van der Waals surface area contributed by atoms with E-state index in [1.807, 2.05) is 6.07 Å². The molecule has 1 atom stereocenters. The van der Waals surface area contributed by atoms with Crippen LogP contribution in [0.1, 0.15) is 24.4 Å². The lowest BCUT2D eigenvalue weighted by Crippen LogP contribution is -2.36. The molecule has 0 amide bonds. The average Bonchev–Trinajstić information content (AvgIpc) is 2.49. The molecule has 0 radical (unpaired) electrons. The maximum atomic E-state index is 5.75. The first-order valence-corrected chi connectivity index (χ1v) is 6.63. The third-order valence-electron chi connectivity index (χ3n) is 3.77. The van der Waals surface area contributed by atoms with E-state index in [1.165, 1.54) is 5.56 Å². The van der Waals surface area contributed by atoms with Crippen molar-refractivity contribution in [2.75, 3.05) is 13.2 Å². The fourth-order valence-corrected chi connectivity index (χ4v) is 2.73. The second kappa shape index (κ2) is 5.61. The number of benzene rings is 1. The summed E-state index contributed by atoms with van der Waals surface area (Å²) in [5.41, 5.74) is 5.94. The van der Waals surface area contributed by atoms with Gasteiger partial charge in [0, 0.05) is 31.6 Å². The van der Waals surface area contributed by atoms with E-state index < -0.39 is 0 Å². The zero-order valence-corrected chi connectivity index (χ0v) is 10.7. The molecule has 5 nitrogen and oxygen atoms in total. The zero-order valence-electron chi connectivity index (χ0n) is 10.7. The Morgan fingerprint density at radius 3 is 2.63 bits per heavy atom. The summed E-state index contributed by atoms with van der Waals surface area (Å²) >= 11 is 0. The minimum Gasteiger partial charge on any atom is -0.381 e. The maximum Gasteiger partial charge on any atom is 0.0890 e. The van der Waals surface area contributed by atoms with Gasteiger partial charge in [0.1, 0.15) is 0 Å². The zero-order chi connectivity index (χ0) is 13.1. The molecule has 1 aliphatic heterocycles. The average molecular weight is 258 g/mol. The Bertz CT molecular complexity index is 554. The van der Waals surface area contributed by atoms with Gasteiger partial charge in [-0.05, 0) is 36.5 Å². The number of aromatic nitrogens is 2. The SMILES string of the molecule is NNC(c1ccc2nccnc2c1)C1CCOCC1. The van der Waals surface area contributed by atoms with Gasteiger partial charge in [-0.1, -0.05) is 6.07 Å².